The van der Waals surface area contributed by atoms with Gasteiger partial charge in [0.15, 0.2) is 0 Å². The van der Waals surface area contributed by atoms with Gasteiger partial charge in [-0.1, -0.05) is 31.9 Å². The average Bonchev–Trinajstić information content (AvgIpc) is 2.45. The Balaban J connectivity index is 2.11. The molecule has 116 valence electrons. The van der Waals surface area contributed by atoms with Crippen molar-refractivity contribution in [3.8, 4) is 0 Å². The summed E-state index contributed by atoms with van der Waals surface area (Å²) in [6.07, 6.45) is 0. The van der Waals surface area contributed by atoms with Crippen LogP contribution in [0.3, 0.4) is 0 Å². The van der Waals surface area contributed by atoms with Crippen molar-refractivity contribution >= 4 is 43.5 Å². The Bertz CT molecular complexity index is 499. The van der Waals surface area contributed by atoms with Gasteiger partial charge in [-0.15, -0.1) is 0 Å². The first-order valence-corrected chi connectivity index (χ1v) is 8.53. The maximum absolute atomic E-state index is 12.4. The number of aliphatic hydroxyl groups excluding tert-OH is 1. The SMILES string of the molecule is CC(C)(Br)C(=O)N1CCN(c2ccc(Br)cc2)C[C@@H]1CO. The standard InChI is InChI=1S/C15H20Br2N2O2/c1-15(2,17)14(21)19-8-7-18(9-13(19)10-20)12-5-3-11(16)4-6-12/h3-6,13,20H,7-10H2,1-2H3/t13-/m1/s1. The van der Waals surface area contributed by atoms with E-state index in [0.29, 0.717) is 13.1 Å². The van der Waals surface area contributed by atoms with Crippen molar-refractivity contribution < 1.29 is 9.90 Å². The zero-order valence-electron chi connectivity index (χ0n) is 12.2. The predicted octanol–water partition coefficient (Wildman–Crippen LogP) is 2.63. The lowest BCUT2D eigenvalue weighted by atomic mass is 10.1. The van der Waals surface area contributed by atoms with Gasteiger partial charge in [-0.2, -0.15) is 0 Å². The summed E-state index contributed by atoms with van der Waals surface area (Å²) in [4.78, 5) is 16.4. The lowest BCUT2D eigenvalue weighted by molar-refractivity contribution is -0.136. The van der Waals surface area contributed by atoms with Crippen molar-refractivity contribution in [2.24, 2.45) is 0 Å². The normalized spacial score (nSPS) is 19.8. The molecule has 6 heteroatoms. The number of halogens is 2. The van der Waals surface area contributed by atoms with E-state index >= 15 is 0 Å². The molecular formula is C15H20Br2N2O2. The Morgan fingerprint density at radius 3 is 2.48 bits per heavy atom. The highest BCUT2D eigenvalue weighted by molar-refractivity contribution is 9.10. The van der Waals surface area contributed by atoms with Crippen molar-refractivity contribution in [3.63, 3.8) is 0 Å². The molecule has 0 spiro atoms. The number of hydrogen-bond acceptors (Lipinski definition) is 3. The molecule has 1 atom stereocenters. The van der Waals surface area contributed by atoms with E-state index in [0.717, 1.165) is 16.7 Å². The summed E-state index contributed by atoms with van der Waals surface area (Å²) >= 11 is 6.84. The number of aliphatic hydroxyl groups is 1. The van der Waals surface area contributed by atoms with Gasteiger partial charge < -0.3 is 14.9 Å². The summed E-state index contributed by atoms with van der Waals surface area (Å²) in [5.41, 5.74) is 1.11. The molecule has 0 saturated carbocycles. The van der Waals surface area contributed by atoms with Crippen LogP contribution in [0.25, 0.3) is 0 Å². The van der Waals surface area contributed by atoms with E-state index in [2.05, 4.69) is 36.8 Å². The van der Waals surface area contributed by atoms with Crippen molar-refractivity contribution in [3.05, 3.63) is 28.7 Å². The van der Waals surface area contributed by atoms with Gasteiger partial charge in [-0.25, -0.2) is 0 Å². The van der Waals surface area contributed by atoms with Crippen molar-refractivity contribution in [1.82, 2.24) is 4.90 Å². The number of carbonyl (C=O) groups excluding carboxylic acids is 1. The fraction of sp³-hybridized carbons (Fsp3) is 0.533. The van der Waals surface area contributed by atoms with E-state index in [1.165, 1.54) is 0 Å². The highest BCUT2D eigenvalue weighted by Gasteiger charge is 2.36. The number of hydrogen-bond donors (Lipinski definition) is 1. The fourth-order valence-electron chi connectivity index (χ4n) is 2.51. The molecular weight excluding hydrogens is 400 g/mol. The van der Waals surface area contributed by atoms with Crippen LogP contribution in [0.15, 0.2) is 28.7 Å². The molecule has 1 N–H and O–H groups in total. The van der Waals surface area contributed by atoms with Crippen LogP contribution in [0, 0.1) is 0 Å². The monoisotopic (exact) mass is 418 g/mol. The molecule has 0 aliphatic carbocycles. The van der Waals surface area contributed by atoms with Gasteiger partial charge in [-0.05, 0) is 38.1 Å². The number of carbonyl (C=O) groups is 1. The number of piperazine rings is 1. The zero-order valence-corrected chi connectivity index (χ0v) is 15.4. The number of amides is 1. The van der Waals surface area contributed by atoms with Gasteiger partial charge in [0.2, 0.25) is 5.91 Å². The largest absolute Gasteiger partial charge is 0.394 e. The van der Waals surface area contributed by atoms with Gasteiger partial charge >= 0.3 is 0 Å². The summed E-state index contributed by atoms with van der Waals surface area (Å²) in [5.74, 6) is 0.0250. The summed E-state index contributed by atoms with van der Waals surface area (Å²) in [7, 11) is 0. The maximum Gasteiger partial charge on any atom is 0.239 e. The summed E-state index contributed by atoms with van der Waals surface area (Å²) in [6.45, 7) is 5.69. The number of benzene rings is 1. The summed E-state index contributed by atoms with van der Waals surface area (Å²) < 4.78 is 0.444. The minimum atomic E-state index is -0.597. The molecule has 1 amide bonds. The second-order valence-electron chi connectivity index (χ2n) is 5.73. The van der Waals surface area contributed by atoms with E-state index in [4.69, 9.17) is 0 Å². The molecule has 1 aromatic rings. The summed E-state index contributed by atoms with van der Waals surface area (Å²) in [5, 5.41) is 9.64. The van der Waals surface area contributed by atoms with Crippen LogP contribution in [-0.2, 0) is 4.79 Å². The van der Waals surface area contributed by atoms with Gasteiger partial charge in [-0.3, -0.25) is 4.79 Å². The molecule has 1 aliphatic heterocycles. The van der Waals surface area contributed by atoms with Crippen molar-refractivity contribution in [2.45, 2.75) is 24.2 Å². The average molecular weight is 420 g/mol. The Labute approximate surface area is 142 Å². The first-order chi connectivity index (χ1) is 9.82. The molecule has 0 unspecified atom stereocenters. The number of nitrogens with zero attached hydrogens (tertiary/aromatic N) is 2. The lowest BCUT2D eigenvalue weighted by Crippen LogP contribution is -2.59. The third kappa shape index (κ3) is 3.99. The molecule has 1 saturated heterocycles. The minimum Gasteiger partial charge on any atom is -0.394 e. The van der Waals surface area contributed by atoms with Crippen molar-refractivity contribution in [1.29, 1.82) is 0 Å². The first kappa shape index (κ1) is 16.8. The second kappa shape index (κ2) is 6.67. The van der Waals surface area contributed by atoms with E-state index in [1.807, 2.05) is 38.1 Å². The Kier molecular flexibility index (Phi) is 5.33. The van der Waals surface area contributed by atoms with Crippen LogP contribution in [0.4, 0.5) is 5.69 Å². The van der Waals surface area contributed by atoms with E-state index in [-0.39, 0.29) is 18.6 Å². The second-order valence-corrected chi connectivity index (χ2v) is 8.63. The van der Waals surface area contributed by atoms with Crippen LogP contribution in [0.1, 0.15) is 13.8 Å². The molecule has 0 aromatic heterocycles. The smallest absolute Gasteiger partial charge is 0.239 e. The lowest BCUT2D eigenvalue weighted by Gasteiger charge is -2.43. The molecule has 2 rings (SSSR count). The molecule has 4 nitrogen and oxygen atoms in total. The Morgan fingerprint density at radius 1 is 1.33 bits per heavy atom. The van der Waals surface area contributed by atoms with E-state index in [1.54, 1.807) is 4.90 Å². The third-order valence-electron chi connectivity index (χ3n) is 3.65. The van der Waals surface area contributed by atoms with Crippen LogP contribution >= 0.6 is 31.9 Å². The van der Waals surface area contributed by atoms with Gasteiger partial charge in [0.05, 0.1) is 17.0 Å². The van der Waals surface area contributed by atoms with Gasteiger partial charge in [0.25, 0.3) is 0 Å². The number of rotatable bonds is 3. The van der Waals surface area contributed by atoms with E-state index in [9.17, 15) is 9.90 Å². The molecule has 0 radical (unpaired) electrons. The Morgan fingerprint density at radius 2 is 1.95 bits per heavy atom. The van der Waals surface area contributed by atoms with E-state index < -0.39 is 4.32 Å². The quantitative estimate of drug-likeness (QED) is 0.766. The fourth-order valence-corrected chi connectivity index (χ4v) is 3.00. The zero-order chi connectivity index (χ0) is 15.6. The van der Waals surface area contributed by atoms with Crippen molar-refractivity contribution in [2.75, 3.05) is 31.1 Å². The maximum atomic E-state index is 12.4. The summed E-state index contributed by atoms with van der Waals surface area (Å²) in [6, 6.07) is 7.92. The molecule has 1 aliphatic rings. The molecule has 21 heavy (non-hydrogen) atoms. The van der Waals surface area contributed by atoms with Gasteiger partial charge in [0.1, 0.15) is 0 Å². The molecule has 0 bridgehead atoms. The molecule has 1 aromatic carbocycles. The van der Waals surface area contributed by atoms with Crippen LogP contribution in [0.2, 0.25) is 0 Å². The highest BCUT2D eigenvalue weighted by Crippen LogP contribution is 2.25. The number of alkyl halides is 1. The van der Waals surface area contributed by atoms with Gasteiger partial charge in [0, 0.05) is 29.8 Å². The Hall–Kier alpha value is -0.590. The van der Waals surface area contributed by atoms with Crippen LogP contribution in [-0.4, -0.2) is 52.5 Å². The molecule has 1 fully saturated rings. The predicted molar refractivity (Wildman–Crippen MR) is 91.9 cm³/mol. The first-order valence-electron chi connectivity index (χ1n) is 6.94. The minimum absolute atomic E-state index is 0.0250. The van der Waals surface area contributed by atoms with Crippen LogP contribution < -0.4 is 4.90 Å². The third-order valence-corrected chi connectivity index (χ3v) is 4.52. The molecule has 1 heterocycles. The van der Waals surface area contributed by atoms with Crippen LogP contribution in [0.5, 0.6) is 0 Å². The number of anilines is 1. The topological polar surface area (TPSA) is 43.8 Å². The highest BCUT2D eigenvalue weighted by atomic mass is 79.9.